The van der Waals surface area contributed by atoms with E-state index in [2.05, 4.69) is 25.5 Å². The molecule has 29 heavy (non-hydrogen) atoms. The van der Waals surface area contributed by atoms with Gasteiger partial charge in [-0.1, -0.05) is 0 Å². The molecular formula is C18H24F3N7O. The fraction of sp³-hybridized carbons (Fsp3) is 0.667. The molecule has 4 heterocycles. The van der Waals surface area contributed by atoms with Crippen LogP contribution in [0.4, 0.5) is 19.0 Å². The van der Waals surface area contributed by atoms with Gasteiger partial charge in [0.25, 0.3) is 5.82 Å². The molecule has 158 valence electrons. The van der Waals surface area contributed by atoms with Gasteiger partial charge in [0.2, 0.25) is 5.91 Å². The maximum absolute atomic E-state index is 13.0. The molecule has 0 aromatic carbocycles. The number of piperidine rings is 1. The van der Waals surface area contributed by atoms with E-state index in [-0.39, 0.29) is 17.5 Å². The lowest BCUT2D eigenvalue weighted by Gasteiger charge is -2.32. The van der Waals surface area contributed by atoms with Crippen molar-refractivity contribution in [1.29, 1.82) is 0 Å². The van der Waals surface area contributed by atoms with Gasteiger partial charge in [0, 0.05) is 32.1 Å². The second-order valence-electron chi connectivity index (χ2n) is 7.58. The average Bonchev–Trinajstić information content (AvgIpc) is 3.36. The van der Waals surface area contributed by atoms with E-state index in [1.807, 2.05) is 4.90 Å². The van der Waals surface area contributed by atoms with Crippen molar-refractivity contribution in [2.24, 2.45) is 5.92 Å². The zero-order valence-electron chi connectivity index (χ0n) is 16.0. The molecule has 0 bridgehead atoms. The van der Waals surface area contributed by atoms with Crippen molar-refractivity contribution >= 4 is 17.4 Å². The Morgan fingerprint density at radius 1 is 1.10 bits per heavy atom. The molecule has 0 saturated carbocycles. The highest BCUT2D eigenvalue weighted by Crippen LogP contribution is 2.28. The van der Waals surface area contributed by atoms with Crippen molar-refractivity contribution in [2.75, 3.05) is 44.2 Å². The van der Waals surface area contributed by atoms with Gasteiger partial charge in [0.1, 0.15) is 5.82 Å². The van der Waals surface area contributed by atoms with Gasteiger partial charge in [-0.3, -0.25) is 4.79 Å². The van der Waals surface area contributed by atoms with Gasteiger partial charge in [-0.25, -0.2) is 0 Å². The van der Waals surface area contributed by atoms with Gasteiger partial charge in [0.05, 0.1) is 0 Å². The summed E-state index contributed by atoms with van der Waals surface area (Å²) in [5.41, 5.74) is 0.0494. The van der Waals surface area contributed by atoms with Crippen LogP contribution < -0.4 is 10.2 Å². The highest BCUT2D eigenvalue weighted by atomic mass is 19.4. The molecule has 2 aliphatic rings. The summed E-state index contributed by atoms with van der Waals surface area (Å²) in [6.07, 6.45) is -0.879. The summed E-state index contributed by atoms with van der Waals surface area (Å²) >= 11 is 0. The Hall–Kier alpha value is -2.43. The molecule has 11 heteroatoms. The maximum Gasteiger partial charge on any atom is 0.453 e. The number of likely N-dealkylation sites (tertiary alicyclic amines) is 1. The molecule has 0 unspecified atom stereocenters. The fourth-order valence-electron chi connectivity index (χ4n) is 3.98. The third kappa shape index (κ3) is 4.44. The second kappa shape index (κ2) is 8.13. The van der Waals surface area contributed by atoms with Crippen LogP contribution in [0.1, 0.15) is 31.5 Å². The number of halogens is 3. The normalized spacial score (nSPS) is 19.2. The lowest BCUT2D eigenvalue weighted by molar-refractivity contribution is -0.146. The third-order valence-electron chi connectivity index (χ3n) is 5.62. The van der Waals surface area contributed by atoms with E-state index in [1.54, 1.807) is 6.07 Å². The molecule has 0 spiro atoms. The van der Waals surface area contributed by atoms with E-state index in [0.717, 1.165) is 24.1 Å². The number of nitrogens with one attached hydrogen (secondary N) is 1. The first-order valence-corrected chi connectivity index (χ1v) is 9.96. The van der Waals surface area contributed by atoms with E-state index in [9.17, 15) is 18.0 Å². The molecule has 1 amide bonds. The molecule has 2 aliphatic heterocycles. The van der Waals surface area contributed by atoms with Crippen molar-refractivity contribution in [3.05, 3.63) is 18.0 Å². The molecule has 1 N–H and O–H groups in total. The highest BCUT2D eigenvalue weighted by molar-refractivity contribution is 5.79. The molecule has 2 aromatic heterocycles. The van der Waals surface area contributed by atoms with Crippen LogP contribution in [0.5, 0.6) is 0 Å². The van der Waals surface area contributed by atoms with Crippen LogP contribution in [0.25, 0.3) is 5.65 Å². The van der Waals surface area contributed by atoms with Gasteiger partial charge in [-0.2, -0.15) is 17.7 Å². The Morgan fingerprint density at radius 2 is 1.83 bits per heavy atom. The number of nitrogens with zero attached hydrogens (tertiary/aromatic N) is 6. The molecule has 4 rings (SSSR count). The summed E-state index contributed by atoms with van der Waals surface area (Å²) in [6.45, 7) is 4.88. The van der Waals surface area contributed by atoms with E-state index < -0.39 is 12.0 Å². The van der Waals surface area contributed by atoms with Gasteiger partial charge in [-0.15, -0.1) is 15.3 Å². The fourth-order valence-corrected chi connectivity index (χ4v) is 3.98. The number of alkyl halides is 3. The number of carbonyl (C=O) groups excluding carboxylic acids is 1. The average molecular weight is 411 g/mol. The minimum absolute atomic E-state index is 0.0494. The Kier molecular flexibility index (Phi) is 5.57. The van der Waals surface area contributed by atoms with Gasteiger partial charge < -0.3 is 15.1 Å². The summed E-state index contributed by atoms with van der Waals surface area (Å²) < 4.78 is 39.9. The standard InChI is InChI=1S/C18H24F3N7O/c19-18(20,21)17-24-23-14-3-4-15(25-28(14)17)27-10-5-13(6-11-27)16(29)22-7-12-26-8-1-2-9-26/h3-4,13H,1-2,5-12H2,(H,22,29). The number of amides is 1. The summed E-state index contributed by atoms with van der Waals surface area (Å²) in [7, 11) is 0. The number of fused-ring (bicyclic) bond motifs is 1. The summed E-state index contributed by atoms with van der Waals surface area (Å²) in [4.78, 5) is 16.6. The van der Waals surface area contributed by atoms with Crippen LogP contribution in [-0.4, -0.2) is 69.9 Å². The summed E-state index contributed by atoms with van der Waals surface area (Å²) in [5.74, 6) is -0.725. The smallest absolute Gasteiger partial charge is 0.355 e. The number of carbonyl (C=O) groups is 1. The van der Waals surface area contributed by atoms with Crippen molar-refractivity contribution in [3.8, 4) is 0 Å². The molecule has 2 fully saturated rings. The lowest BCUT2D eigenvalue weighted by Crippen LogP contribution is -2.42. The number of rotatable bonds is 5. The molecule has 2 saturated heterocycles. The summed E-state index contributed by atoms with van der Waals surface area (Å²) in [6, 6.07) is 3.11. The van der Waals surface area contributed by atoms with Crippen LogP contribution in [0, 0.1) is 5.92 Å². The molecule has 0 atom stereocenters. The van der Waals surface area contributed by atoms with Crippen LogP contribution in [0.3, 0.4) is 0 Å². The van der Waals surface area contributed by atoms with E-state index >= 15 is 0 Å². The monoisotopic (exact) mass is 411 g/mol. The first-order chi connectivity index (χ1) is 13.9. The van der Waals surface area contributed by atoms with Crippen molar-refractivity contribution < 1.29 is 18.0 Å². The Bertz CT molecular complexity index is 855. The zero-order valence-corrected chi connectivity index (χ0v) is 16.0. The summed E-state index contributed by atoms with van der Waals surface area (Å²) in [5, 5.41) is 13.8. The SMILES string of the molecule is O=C(NCCN1CCCC1)C1CCN(c2ccc3nnc(C(F)(F)F)n3n2)CC1. The van der Waals surface area contributed by atoms with Crippen LogP contribution in [0.2, 0.25) is 0 Å². The van der Waals surface area contributed by atoms with Gasteiger partial charge in [0.15, 0.2) is 5.65 Å². The number of hydrogen-bond donors (Lipinski definition) is 1. The number of anilines is 1. The second-order valence-corrected chi connectivity index (χ2v) is 7.58. The van der Waals surface area contributed by atoms with Crippen LogP contribution in [-0.2, 0) is 11.0 Å². The Balaban J connectivity index is 1.32. The minimum Gasteiger partial charge on any atom is -0.355 e. The number of aromatic nitrogens is 4. The topological polar surface area (TPSA) is 78.7 Å². The van der Waals surface area contributed by atoms with Crippen LogP contribution >= 0.6 is 0 Å². The number of hydrogen-bond acceptors (Lipinski definition) is 6. The van der Waals surface area contributed by atoms with Gasteiger partial charge >= 0.3 is 6.18 Å². The first kappa shape index (κ1) is 19.9. The van der Waals surface area contributed by atoms with Crippen LogP contribution in [0.15, 0.2) is 12.1 Å². The predicted octanol–water partition coefficient (Wildman–Crippen LogP) is 1.57. The molecule has 8 nitrogen and oxygen atoms in total. The molecule has 0 aliphatic carbocycles. The zero-order chi connectivity index (χ0) is 20.4. The predicted molar refractivity (Wildman–Crippen MR) is 99.4 cm³/mol. The first-order valence-electron chi connectivity index (χ1n) is 9.96. The van der Waals surface area contributed by atoms with E-state index in [0.29, 0.717) is 38.3 Å². The Labute approximate surface area is 166 Å². The van der Waals surface area contributed by atoms with E-state index in [4.69, 9.17) is 0 Å². The van der Waals surface area contributed by atoms with E-state index in [1.165, 1.54) is 18.9 Å². The van der Waals surface area contributed by atoms with Crippen molar-refractivity contribution in [3.63, 3.8) is 0 Å². The molecule has 0 radical (unpaired) electrons. The van der Waals surface area contributed by atoms with Crippen molar-refractivity contribution in [2.45, 2.75) is 31.9 Å². The molecule has 2 aromatic rings. The molecular weight excluding hydrogens is 387 g/mol. The Morgan fingerprint density at radius 3 is 2.52 bits per heavy atom. The third-order valence-corrected chi connectivity index (χ3v) is 5.62. The minimum atomic E-state index is -4.62. The maximum atomic E-state index is 13.0. The largest absolute Gasteiger partial charge is 0.453 e. The highest BCUT2D eigenvalue weighted by Gasteiger charge is 2.38. The van der Waals surface area contributed by atoms with Crippen molar-refractivity contribution in [1.82, 2.24) is 30.0 Å². The lowest BCUT2D eigenvalue weighted by atomic mass is 9.96. The quantitative estimate of drug-likeness (QED) is 0.805. The van der Waals surface area contributed by atoms with Gasteiger partial charge in [-0.05, 0) is 50.9 Å².